The molecule has 0 saturated heterocycles. The summed E-state index contributed by atoms with van der Waals surface area (Å²) in [4.78, 5) is 0.292. The molecule has 0 atom stereocenters. The molecule has 2 fully saturated rings. The van der Waals surface area contributed by atoms with E-state index in [4.69, 9.17) is 0 Å². The van der Waals surface area contributed by atoms with Gasteiger partial charge in [-0.2, -0.15) is 5.26 Å². The number of nitriles is 1. The van der Waals surface area contributed by atoms with Crippen LogP contribution < -0.4 is 0 Å². The molecule has 0 aliphatic heterocycles. The van der Waals surface area contributed by atoms with Gasteiger partial charge in [0, 0.05) is 0 Å². The van der Waals surface area contributed by atoms with Crippen LogP contribution in [-0.2, 0) is 9.84 Å². The standard InChI is InChI=1S/C17H21NO2S/c1-14-5-7-15(8-6-14)21(19,20)17(13-18)11-16(12-17)9-3-2-4-10-16/h5-8H,2-4,9-12H2,1H3. The molecule has 1 spiro atoms. The van der Waals surface area contributed by atoms with Crippen molar-refractivity contribution in [2.75, 3.05) is 0 Å². The average molecular weight is 303 g/mol. The third-order valence-corrected chi connectivity index (χ3v) is 7.59. The fourth-order valence-electron chi connectivity index (χ4n) is 4.09. The molecule has 1 aromatic carbocycles. The van der Waals surface area contributed by atoms with Gasteiger partial charge in [0.15, 0.2) is 14.6 Å². The van der Waals surface area contributed by atoms with Gasteiger partial charge in [-0.1, -0.05) is 37.0 Å². The van der Waals surface area contributed by atoms with Crippen molar-refractivity contribution in [1.82, 2.24) is 0 Å². The van der Waals surface area contributed by atoms with Gasteiger partial charge in [-0.25, -0.2) is 8.42 Å². The highest BCUT2D eigenvalue weighted by molar-refractivity contribution is 7.93. The van der Waals surface area contributed by atoms with Crippen LogP contribution in [0.3, 0.4) is 0 Å². The Bertz CT molecular complexity index is 668. The second kappa shape index (κ2) is 4.84. The quantitative estimate of drug-likeness (QED) is 0.835. The van der Waals surface area contributed by atoms with Gasteiger partial charge in [-0.15, -0.1) is 0 Å². The highest BCUT2D eigenvalue weighted by Crippen LogP contribution is 2.60. The van der Waals surface area contributed by atoms with Gasteiger partial charge < -0.3 is 0 Å². The minimum absolute atomic E-state index is 0.117. The van der Waals surface area contributed by atoms with Crippen molar-refractivity contribution >= 4 is 9.84 Å². The average Bonchev–Trinajstić information content (AvgIpc) is 2.45. The van der Waals surface area contributed by atoms with Gasteiger partial charge in [-0.05, 0) is 50.2 Å². The Balaban J connectivity index is 1.91. The topological polar surface area (TPSA) is 57.9 Å². The van der Waals surface area contributed by atoms with Crippen molar-refractivity contribution < 1.29 is 8.42 Å². The van der Waals surface area contributed by atoms with Gasteiger partial charge >= 0.3 is 0 Å². The van der Waals surface area contributed by atoms with Crippen LogP contribution in [0.25, 0.3) is 0 Å². The second-order valence-corrected chi connectivity index (χ2v) is 9.10. The van der Waals surface area contributed by atoms with Gasteiger partial charge in [0.1, 0.15) is 0 Å². The van der Waals surface area contributed by atoms with Crippen molar-refractivity contribution in [1.29, 1.82) is 5.26 Å². The smallest absolute Gasteiger partial charge is 0.197 e. The van der Waals surface area contributed by atoms with Crippen LogP contribution in [0, 0.1) is 23.7 Å². The fourth-order valence-corrected chi connectivity index (χ4v) is 6.15. The van der Waals surface area contributed by atoms with E-state index in [1.54, 1.807) is 24.3 Å². The molecule has 0 N–H and O–H groups in total. The summed E-state index contributed by atoms with van der Waals surface area (Å²) in [5.41, 5.74) is 1.14. The molecule has 2 aliphatic rings. The van der Waals surface area contributed by atoms with E-state index < -0.39 is 14.6 Å². The maximum Gasteiger partial charge on any atom is 0.197 e. The van der Waals surface area contributed by atoms with E-state index in [0.717, 1.165) is 18.4 Å². The highest BCUT2D eigenvalue weighted by Gasteiger charge is 2.62. The van der Waals surface area contributed by atoms with Crippen molar-refractivity contribution in [3.05, 3.63) is 29.8 Å². The van der Waals surface area contributed by atoms with Gasteiger partial charge in [0.2, 0.25) is 0 Å². The third-order valence-electron chi connectivity index (χ3n) is 5.28. The Morgan fingerprint density at radius 1 is 1.05 bits per heavy atom. The van der Waals surface area contributed by atoms with E-state index in [2.05, 4.69) is 6.07 Å². The zero-order valence-electron chi connectivity index (χ0n) is 12.4. The lowest BCUT2D eigenvalue weighted by atomic mass is 9.56. The van der Waals surface area contributed by atoms with Crippen molar-refractivity contribution in [3.63, 3.8) is 0 Å². The number of aryl methyl sites for hydroxylation is 1. The van der Waals surface area contributed by atoms with E-state index in [1.165, 1.54) is 19.3 Å². The first-order valence-corrected chi connectivity index (χ1v) is 9.14. The van der Waals surface area contributed by atoms with E-state index in [1.807, 2.05) is 6.92 Å². The summed E-state index contributed by atoms with van der Waals surface area (Å²) in [7, 11) is -3.57. The number of hydrogen-bond donors (Lipinski definition) is 0. The zero-order valence-corrected chi connectivity index (χ0v) is 13.2. The third kappa shape index (κ3) is 2.19. The van der Waals surface area contributed by atoms with Crippen LogP contribution in [0.1, 0.15) is 50.5 Å². The summed E-state index contributed by atoms with van der Waals surface area (Å²) in [6.07, 6.45) is 6.79. The Morgan fingerprint density at radius 3 is 2.14 bits per heavy atom. The Morgan fingerprint density at radius 2 is 1.62 bits per heavy atom. The van der Waals surface area contributed by atoms with Crippen LogP contribution in [0.2, 0.25) is 0 Å². The summed E-state index contributed by atoms with van der Waals surface area (Å²) in [6, 6.07) is 9.02. The SMILES string of the molecule is Cc1ccc(S(=O)(=O)C2(C#N)CC3(CCCCC3)C2)cc1. The first-order valence-electron chi connectivity index (χ1n) is 7.66. The summed E-state index contributed by atoms with van der Waals surface area (Å²) < 4.78 is 24.6. The minimum Gasteiger partial charge on any atom is -0.222 e. The first kappa shape index (κ1) is 14.6. The van der Waals surface area contributed by atoms with E-state index >= 15 is 0 Å². The lowest BCUT2D eigenvalue weighted by Crippen LogP contribution is -2.56. The molecule has 21 heavy (non-hydrogen) atoms. The summed E-state index contributed by atoms with van der Waals surface area (Å²) in [6.45, 7) is 1.93. The number of hydrogen-bond acceptors (Lipinski definition) is 3. The minimum atomic E-state index is -3.57. The maximum atomic E-state index is 12.9. The van der Waals surface area contributed by atoms with Crippen LogP contribution in [0.15, 0.2) is 29.2 Å². The highest BCUT2D eigenvalue weighted by atomic mass is 32.2. The summed E-state index contributed by atoms with van der Waals surface area (Å²) >= 11 is 0. The maximum absolute atomic E-state index is 12.9. The molecule has 2 aliphatic carbocycles. The number of sulfone groups is 1. The van der Waals surface area contributed by atoms with E-state index in [9.17, 15) is 13.7 Å². The lowest BCUT2D eigenvalue weighted by Gasteiger charge is -2.54. The van der Waals surface area contributed by atoms with Crippen LogP contribution >= 0.6 is 0 Å². The molecule has 2 saturated carbocycles. The number of benzene rings is 1. The van der Waals surface area contributed by atoms with E-state index in [-0.39, 0.29) is 5.41 Å². The van der Waals surface area contributed by atoms with E-state index in [0.29, 0.717) is 17.7 Å². The van der Waals surface area contributed by atoms with Gasteiger partial charge in [-0.3, -0.25) is 0 Å². The molecule has 0 heterocycles. The van der Waals surface area contributed by atoms with Gasteiger partial charge in [0.25, 0.3) is 0 Å². The van der Waals surface area contributed by atoms with Gasteiger partial charge in [0.05, 0.1) is 11.0 Å². The molecule has 4 heteroatoms. The Kier molecular flexibility index (Phi) is 3.37. The van der Waals surface area contributed by atoms with Crippen molar-refractivity contribution in [3.8, 4) is 6.07 Å². The molecule has 112 valence electrons. The second-order valence-electron chi connectivity index (χ2n) is 6.84. The molecular weight excluding hydrogens is 282 g/mol. The monoisotopic (exact) mass is 303 g/mol. The largest absolute Gasteiger partial charge is 0.222 e. The summed E-state index contributed by atoms with van der Waals surface area (Å²) in [5.74, 6) is 0. The fraction of sp³-hybridized carbons (Fsp3) is 0.588. The Hall–Kier alpha value is -1.34. The normalized spacial score (nSPS) is 23.2. The zero-order chi connectivity index (χ0) is 15.1. The van der Waals surface area contributed by atoms with Crippen LogP contribution in [0.5, 0.6) is 0 Å². The molecule has 0 radical (unpaired) electrons. The predicted octanol–water partition coefficient (Wildman–Crippen LogP) is 3.78. The molecule has 0 amide bonds. The molecular formula is C17H21NO2S. The van der Waals surface area contributed by atoms with Crippen molar-refractivity contribution in [2.45, 2.75) is 61.5 Å². The molecule has 0 bridgehead atoms. The first-order chi connectivity index (χ1) is 9.93. The lowest BCUT2D eigenvalue weighted by molar-refractivity contribution is 0.0548. The Labute approximate surface area is 126 Å². The number of nitrogens with zero attached hydrogens (tertiary/aromatic N) is 1. The molecule has 3 nitrogen and oxygen atoms in total. The summed E-state index contributed by atoms with van der Waals surface area (Å²) in [5, 5.41) is 9.57. The van der Waals surface area contributed by atoms with Crippen molar-refractivity contribution in [2.24, 2.45) is 5.41 Å². The molecule has 3 rings (SSSR count). The molecule has 0 aromatic heterocycles. The van der Waals surface area contributed by atoms with Crippen LogP contribution in [-0.4, -0.2) is 13.2 Å². The predicted molar refractivity (Wildman–Crippen MR) is 81.5 cm³/mol. The molecule has 1 aromatic rings. The van der Waals surface area contributed by atoms with Crippen LogP contribution in [0.4, 0.5) is 0 Å². The number of rotatable bonds is 2. The molecule has 0 unspecified atom stereocenters.